The average molecular weight is 367 g/mol. The predicted octanol–water partition coefficient (Wildman–Crippen LogP) is 1.73. The zero-order valence-corrected chi connectivity index (χ0v) is 14.9. The number of imide groups is 1. The first kappa shape index (κ1) is 17.3. The van der Waals surface area contributed by atoms with Gasteiger partial charge in [0.1, 0.15) is 12.1 Å². The lowest BCUT2D eigenvalue weighted by molar-refractivity contribution is -0.133. The predicted molar refractivity (Wildman–Crippen MR) is 97.8 cm³/mol. The van der Waals surface area contributed by atoms with Crippen LogP contribution in [-0.2, 0) is 16.1 Å². The van der Waals surface area contributed by atoms with Gasteiger partial charge in [0.15, 0.2) is 0 Å². The molecule has 4 rings (SSSR count). The van der Waals surface area contributed by atoms with Crippen LogP contribution in [0, 0.1) is 0 Å². The highest BCUT2D eigenvalue weighted by molar-refractivity contribution is 6.10. The van der Waals surface area contributed by atoms with Crippen LogP contribution in [0.15, 0.2) is 42.7 Å². The highest BCUT2D eigenvalue weighted by Crippen LogP contribution is 2.34. The lowest BCUT2D eigenvalue weighted by Gasteiger charge is -2.20. The molecule has 140 valence electrons. The molecule has 8 nitrogen and oxygen atoms in total. The molecule has 1 saturated heterocycles. The summed E-state index contributed by atoms with van der Waals surface area (Å²) in [6.45, 7) is 0.220. The maximum absolute atomic E-state index is 12.7. The van der Waals surface area contributed by atoms with Gasteiger partial charge in [0.25, 0.3) is 5.91 Å². The van der Waals surface area contributed by atoms with Crippen molar-refractivity contribution in [3.63, 3.8) is 0 Å². The van der Waals surface area contributed by atoms with Crippen molar-refractivity contribution in [2.75, 3.05) is 11.9 Å². The number of para-hydroxylation sites is 1. The third-order valence-corrected chi connectivity index (χ3v) is 5.19. The van der Waals surface area contributed by atoms with E-state index in [0.717, 1.165) is 23.3 Å². The first-order valence-electron chi connectivity index (χ1n) is 9.07. The van der Waals surface area contributed by atoms with Crippen molar-refractivity contribution in [2.45, 2.75) is 37.8 Å². The second kappa shape index (κ2) is 6.86. The van der Waals surface area contributed by atoms with Gasteiger partial charge in [0.05, 0.1) is 6.54 Å². The van der Waals surface area contributed by atoms with E-state index in [-0.39, 0.29) is 12.5 Å². The van der Waals surface area contributed by atoms with E-state index >= 15 is 0 Å². The first-order chi connectivity index (χ1) is 13.1. The largest absolute Gasteiger partial charge is 0.325 e. The zero-order chi connectivity index (χ0) is 18.9. The number of nitrogens with zero attached hydrogens (tertiary/aromatic N) is 3. The van der Waals surface area contributed by atoms with Crippen LogP contribution in [-0.4, -0.2) is 44.6 Å². The molecule has 0 radical (unpaired) electrons. The Labute approximate surface area is 156 Å². The summed E-state index contributed by atoms with van der Waals surface area (Å²) >= 11 is 0. The van der Waals surface area contributed by atoms with E-state index in [0.29, 0.717) is 25.1 Å². The van der Waals surface area contributed by atoms with Crippen molar-refractivity contribution in [1.82, 2.24) is 20.0 Å². The molecule has 27 heavy (non-hydrogen) atoms. The lowest BCUT2D eigenvalue weighted by atomic mass is 9.98. The smallest absolute Gasteiger partial charge is 0.324 e. The van der Waals surface area contributed by atoms with E-state index in [4.69, 9.17) is 0 Å². The Bertz CT molecular complexity index is 871. The van der Waals surface area contributed by atoms with E-state index in [1.807, 2.05) is 30.5 Å². The summed E-state index contributed by atoms with van der Waals surface area (Å²) in [5, 5.41) is 9.77. The van der Waals surface area contributed by atoms with E-state index in [2.05, 4.69) is 15.7 Å². The monoisotopic (exact) mass is 367 g/mol. The van der Waals surface area contributed by atoms with Gasteiger partial charge in [-0.3, -0.25) is 19.2 Å². The van der Waals surface area contributed by atoms with Crippen LogP contribution >= 0.6 is 0 Å². The molecule has 2 fully saturated rings. The van der Waals surface area contributed by atoms with Crippen molar-refractivity contribution < 1.29 is 14.4 Å². The number of anilines is 1. The Morgan fingerprint density at radius 2 is 1.96 bits per heavy atom. The first-order valence-corrected chi connectivity index (χ1v) is 9.07. The molecule has 1 aromatic heterocycles. The molecule has 2 aliphatic rings. The van der Waals surface area contributed by atoms with Gasteiger partial charge in [0.2, 0.25) is 5.91 Å². The second-order valence-corrected chi connectivity index (χ2v) is 7.02. The van der Waals surface area contributed by atoms with Crippen LogP contribution in [0.5, 0.6) is 0 Å². The number of hydrogen-bond acceptors (Lipinski definition) is 4. The van der Waals surface area contributed by atoms with Gasteiger partial charge in [-0.15, -0.1) is 0 Å². The molecule has 2 aromatic rings. The van der Waals surface area contributed by atoms with Gasteiger partial charge in [-0.25, -0.2) is 4.79 Å². The quantitative estimate of drug-likeness (QED) is 0.787. The zero-order valence-electron chi connectivity index (χ0n) is 14.9. The van der Waals surface area contributed by atoms with Crippen molar-refractivity contribution >= 4 is 23.5 Å². The van der Waals surface area contributed by atoms with Crippen molar-refractivity contribution in [1.29, 1.82) is 0 Å². The molecule has 8 heteroatoms. The number of amides is 4. The van der Waals surface area contributed by atoms with Crippen LogP contribution in [0.1, 0.15) is 31.2 Å². The molecule has 1 aromatic carbocycles. The molecule has 0 bridgehead atoms. The second-order valence-electron chi connectivity index (χ2n) is 7.02. The van der Waals surface area contributed by atoms with Gasteiger partial charge in [-0.2, -0.15) is 5.10 Å². The Hall–Kier alpha value is -3.16. The third-order valence-electron chi connectivity index (χ3n) is 5.19. The lowest BCUT2D eigenvalue weighted by Crippen LogP contribution is -2.44. The maximum atomic E-state index is 12.7. The highest BCUT2D eigenvalue weighted by atomic mass is 16.2. The van der Waals surface area contributed by atoms with Crippen molar-refractivity contribution in [2.24, 2.45) is 0 Å². The fraction of sp³-hybridized carbons (Fsp3) is 0.368. The molecule has 1 aliphatic heterocycles. The number of nitrogens with one attached hydrogen (secondary N) is 2. The SMILES string of the molecule is O=C(CN1C(=O)NC2(CCCC2)C1=O)Nc1ccccc1Cn1cccn1. The molecule has 1 spiro atoms. The van der Waals surface area contributed by atoms with Crippen LogP contribution in [0.3, 0.4) is 0 Å². The summed E-state index contributed by atoms with van der Waals surface area (Å²) < 4.78 is 1.76. The van der Waals surface area contributed by atoms with E-state index in [9.17, 15) is 14.4 Å². The molecule has 1 aliphatic carbocycles. The number of urea groups is 1. The summed E-state index contributed by atoms with van der Waals surface area (Å²) in [4.78, 5) is 38.4. The molecule has 0 atom stereocenters. The minimum absolute atomic E-state index is 0.287. The molecule has 1 saturated carbocycles. The average Bonchev–Trinajstić information content (AvgIpc) is 3.37. The number of carbonyl (C=O) groups is 3. The fourth-order valence-corrected chi connectivity index (χ4v) is 3.82. The number of carbonyl (C=O) groups excluding carboxylic acids is 3. The Kier molecular flexibility index (Phi) is 4.39. The summed E-state index contributed by atoms with van der Waals surface area (Å²) in [7, 11) is 0. The number of rotatable bonds is 5. The van der Waals surface area contributed by atoms with Gasteiger partial charge < -0.3 is 10.6 Å². The molecule has 4 amide bonds. The van der Waals surface area contributed by atoms with Crippen LogP contribution in [0.25, 0.3) is 0 Å². The van der Waals surface area contributed by atoms with Crippen LogP contribution < -0.4 is 10.6 Å². The molecule has 0 unspecified atom stereocenters. The molecular formula is C19H21N5O3. The van der Waals surface area contributed by atoms with Gasteiger partial charge in [-0.05, 0) is 30.5 Å². The normalized spacial score (nSPS) is 18.1. The van der Waals surface area contributed by atoms with Gasteiger partial charge in [0, 0.05) is 18.1 Å². The van der Waals surface area contributed by atoms with E-state index in [1.165, 1.54) is 0 Å². The van der Waals surface area contributed by atoms with Crippen molar-refractivity contribution in [3.8, 4) is 0 Å². The van der Waals surface area contributed by atoms with E-state index < -0.39 is 17.5 Å². The fourth-order valence-electron chi connectivity index (χ4n) is 3.82. The van der Waals surface area contributed by atoms with E-state index in [1.54, 1.807) is 16.9 Å². The van der Waals surface area contributed by atoms with Gasteiger partial charge in [-0.1, -0.05) is 31.0 Å². The van der Waals surface area contributed by atoms with Crippen LogP contribution in [0.2, 0.25) is 0 Å². The Morgan fingerprint density at radius 3 is 2.70 bits per heavy atom. The standard InChI is InChI=1S/C19H21N5O3/c25-16(13-24-17(26)19(22-18(24)27)8-3-4-9-19)21-15-7-2-1-6-14(15)12-23-11-5-10-20-23/h1-2,5-7,10-11H,3-4,8-9,12-13H2,(H,21,25)(H,22,27). The highest BCUT2D eigenvalue weighted by Gasteiger charge is 2.52. The van der Waals surface area contributed by atoms with Gasteiger partial charge >= 0.3 is 6.03 Å². The summed E-state index contributed by atoms with van der Waals surface area (Å²) in [6.07, 6.45) is 6.63. The molecular weight excluding hydrogens is 346 g/mol. The number of benzene rings is 1. The maximum Gasteiger partial charge on any atom is 0.325 e. The number of aromatic nitrogens is 2. The minimum Gasteiger partial charge on any atom is -0.324 e. The summed E-state index contributed by atoms with van der Waals surface area (Å²) in [5.41, 5.74) is 0.731. The summed E-state index contributed by atoms with van der Waals surface area (Å²) in [5.74, 6) is -0.688. The van der Waals surface area contributed by atoms with Crippen LogP contribution in [0.4, 0.5) is 10.5 Å². The van der Waals surface area contributed by atoms with Crippen molar-refractivity contribution in [3.05, 3.63) is 48.3 Å². The Balaban J connectivity index is 1.44. The Morgan fingerprint density at radius 1 is 1.19 bits per heavy atom. The minimum atomic E-state index is -0.796. The topological polar surface area (TPSA) is 96.3 Å². The number of hydrogen-bond donors (Lipinski definition) is 2. The molecule has 2 N–H and O–H groups in total. The molecule has 2 heterocycles. The third kappa shape index (κ3) is 3.30. The summed E-state index contributed by atoms with van der Waals surface area (Å²) in [6, 6.07) is 8.75.